The molecule has 32 heavy (non-hydrogen) atoms. The fourth-order valence-corrected chi connectivity index (χ4v) is 5.11. The van der Waals surface area contributed by atoms with Gasteiger partial charge in [0.25, 0.3) is 0 Å². The van der Waals surface area contributed by atoms with Crippen LogP contribution in [0.1, 0.15) is 30.9 Å². The van der Waals surface area contributed by atoms with Gasteiger partial charge >= 0.3 is 0 Å². The van der Waals surface area contributed by atoms with Crippen molar-refractivity contribution >= 4 is 50.9 Å². The highest BCUT2D eigenvalue weighted by Gasteiger charge is 2.38. The normalized spacial score (nSPS) is 17.3. The lowest BCUT2D eigenvalue weighted by molar-refractivity contribution is -0.128. The van der Waals surface area contributed by atoms with Crippen LogP contribution in [0.15, 0.2) is 65.7 Å². The SMILES string of the molecule is CCCN1C(=O)C(CC(=O)Nc2c(C)cccc2C)SC1=Nc1cccc2ccccc12. The lowest BCUT2D eigenvalue weighted by Gasteiger charge is -2.15. The maximum absolute atomic E-state index is 13.1. The van der Waals surface area contributed by atoms with Gasteiger partial charge in [-0.25, -0.2) is 4.99 Å². The van der Waals surface area contributed by atoms with E-state index in [0.29, 0.717) is 11.7 Å². The quantitative estimate of drug-likeness (QED) is 0.519. The van der Waals surface area contributed by atoms with Crippen molar-refractivity contribution in [2.24, 2.45) is 4.99 Å². The van der Waals surface area contributed by atoms with Crippen LogP contribution in [0.4, 0.5) is 11.4 Å². The van der Waals surface area contributed by atoms with E-state index in [0.717, 1.165) is 39.7 Å². The molecule has 3 aromatic rings. The number of rotatable bonds is 6. The molecule has 6 heteroatoms. The van der Waals surface area contributed by atoms with Crippen LogP contribution in [0, 0.1) is 13.8 Å². The van der Waals surface area contributed by atoms with E-state index in [1.165, 1.54) is 11.8 Å². The molecule has 3 aromatic carbocycles. The molecule has 1 fully saturated rings. The minimum absolute atomic E-state index is 0.0486. The number of thioether (sulfide) groups is 1. The summed E-state index contributed by atoms with van der Waals surface area (Å²) in [6.07, 6.45) is 0.939. The third-order valence-corrected chi connectivity index (χ3v) is 6.74. The van der Waals surface area contributed by atoms with Crippen molar-refractivity contribution in [1.82, 2.24) is 4.90 Å². The number of nitrogens with one attached hydrogen (secondary N) is 1. The van der Waals surface area contributed by atoms with E-state index < -0.39 is 5.25 Å². The molecule has 5 nitrogen and oxygen atoms in total. The van der Waals surface area contributed by atoms with Crippen molar-refractivity contribution in [3.63, 3.8) is 0 Å². The smallest absolute Gasteiger partial charge is 0.242 e. The first-order valence-corrected chi connectivity index (χ1v) is 11.8. The number of aryl methyl sites for hydroxylation is 2. The summed E-state index contributed by atoms with van der Waals surface area (Å²) >= 11 is 1.38. The number of para-hydroxylation sites is 1. The van der Waals surface area contributed by atoms with E-state index in [-0.39, 0.29) is 18.2 Å². The summed E-state index contributed by atoms with van der Waals surface area (Å²) in [4.78, 5) is 32.5. The molecular formula is C26H27N3O2S. The van der Waals surface area contributed by atoms with Crippen LogP contribution in [0.25, 0.3) is 10.8 Å². The number of amides is 2. The zero-order valence-corrected chi connectivity index (χ0v) is 19.4. The minimum atomic E-state index is -0.473. The molecule has 1 atom stereocenters. The predicted octanol–water partition coefficient (Wildman–Crippen LogP) is 5.83. The van der Waals surface area contributed by atoms with Gasteiger partial charge in [-0.05, 0) is 42.8 Å². The number of nitrogens with zero attached hydrogens (tertiary/aromatic N) is 2. The topological polar surface area (TPSA) is 61.8 Å². The van der Waals surface area contributed by atoms with Crippen LogP contribution in [0.2, 0.25) is 0 Å². The largest absolute Gasteiger partial charge is 0.326 e. The number of amidine groups is 1. The van der Waals surface area contributed by atoms with Gasteiger partial charge in [0.1, 0.15) is 5.25 Å². The second-order valence-electron chi connectivity index (χ2n) is 8.01. The Hall–Kier alpha value is -3.12. The van der Waals surface area contributed by atoms with Gasteiger partial charge in [0.15, 0.2) is 5.17 Å². The van der Waals surface area contributed by atoms with E-state index in [4.69, 9.17) is 4.99 Å². The molecule has 1 heterocycles. The molecule has 0 aromatic heterocycles. The van der Waals surface area contributed by atoms with Crippen molar-refractivity contribution in [2.75, 3.05) is 11.9 Å². The van der Waals surface area contributed by atoms with Crippen LogP contribution in [0.3, 0.4) is 0 Å². The average molecular weight is 446 g/mol. The maximum atomic E-state index is 13.1. The van der Waals surface area contributed by atoms with Crippen molar-refractivity contribution in [1.29, 1.82) is 0 Å². The van der Waals surface area contributed by atoms with Gasteiger partial charge in [0.2, 0.25) is 11.8 Å². The van der Waals surface area contributed by atoms with E-state index in [2.05, 4.69) is 17.4 Å². The summed E-state index contributed by atoms with van der Waals surface area (Å²) in [5.74, 6) is -0.205. The first-order valence-electron chi connectivity index (χ1n) is 10.9. The molecule has 1 unspecified atom stereocenters. The van der Waals surface area contributed by atoms with Crippen molar-refractivity contribution in [3.05, 3.63) is 71.8 Å². The van der Waals surface area contributed by atoms with Gasteiger partial charge in [0.05, 0.1) is 5.69 Å². The molecule has 1 aliphatic heterocycles. The number of anilines is 1. The zero-order valence-electron chi connectivity index (χ0n) is 18.6. The third kappa shape index (κ3) is 4.55. The Kier molecular flexibility index (Phi) is 6.61. The summed E-state index contributed by atoms with van der Waals surface area (Å²) in [6.45, 7) is 6.56. The van der Waals surface area contributed by atoms with E-state index in [1.54, 1.807) is 4.90 Å². The molecule has 164 valence electrons. The Balaban J connectivity index is 1.57. The second kappa shape index (κ2) is 9.57. The molecule has 4 rings (SSSR count). The summed E-state index contributed by atoms with van der Waals surface area (Å²) in [7, 11) is 0. The molecule has 0 spiro atoms. The molecule has 0 saturated carbocycles. The van der Waals surface area contributed by atoms with Crippen LogP contribution in [-0.2, 0) is 9.59 Å². The molecule has 1 saturated heterocycles. The lowest BCUT2D eigenvalue weighted by Crippen LogP contribution is -2.34. The number of aliphatic imine (C=N–C) groups is 1. The Morgan fingerprint density at radius 1 is 1.03 bits per heavy atom. The van der Waals surface area contributed by atoms with Crippen molar-refractivity contribution in [3.8, 4) is 0 Å². The fourth-order valence-electron chi connectivity index (χ4n) is 3.93. The Morgan fingerprint density at radius 2 is 1.72 bits per heavy atom. The maximum Gasteiger partial charge on any atom is 0.242 e. The molecule has 2 amide bonds. The highest BCUT2D eigenvalue weighted by atomic mass is 32.2. The number of hydrogen-bond acceptors (Lipinski definition) is 4. The number of hydrogen-bond donors (Lipinski definition) is 1. The molecule has 1 N–H and O–H groups in total. The minimum Gasteiger partial charge on any atom is -0.326 e. The Labute approximate surface area is 192 Å². The van der Waals surface area contributed by atoms with Crippen LogP contribution < -0.4 is 5.32 Å². The predicted molar refractivity (Wildman–Crippen MR) is 134 cm³/mol. The molecule has 0 aliphatic carbocycles. The highest BCUT2D eigenvalue weighted by Crippen LogP contribution is 2.34. The first kappa shape index (κ1) is 22.1. The number of fused-ring (bicyclic) bond motifs is 1. The van der Waals surface area contributed by atoms with Gasteiger partial charge in [-0.15, -0.1) is 0 Å². The summed E-state index contributed by atoms with van der Waals surface area (Å²) < 4.78 is 0. The fraction of sp³-hybridized carbons (Fsp3) is 0.269. The Bertz CT molecular complexity index is 1180. The number of benzene rings is 3. The van der Waals surface area contributed by atoms with Gasteiger partial charge in [-0.3, -0.25) is 14.5 Å². The third-order valence-electron chi connectivity index (χ3n) is 5.57. The van der Waals surface area contributed by atoms with Crippen LogP contribution >= 0.6 is 11.8 Å². The van der Waals surface area contributed by atoms with Gasteiger partial charge in [-0.1, -0.05) is 73.3 Å². The highest BCUT2D eigenvalue weighted by molar-refractivity contribution is 8.15. The van der Waals surface area contributed by atoms with Crippen molar-refractivity contribution < 1.29 is 9.59 Å². The van der Waals surface area contributed by atoms with E-state index >= 15 is 0 Å². The van der Waals surface area contributed by atoms with Crippen LogP contribution in [0.5, 0.6) is 0 Å². The molecular weight excluding hydrogens is 418 g/mol. The number of carbonyl (C=O) groups is 2. The molecule has 1 aliphatic rings. The molecule has 0 radical (unpaired) electrons. The lowest BCUT2D eigenvalue weighted by atomic mass is 10.1. The Morgan fingerprint density at radius 3 is 2.47 bits per heavy atom. The van der Waals surface area contributed by atoms with Gasteiger partial charge in [-0.2, -0.15) is 0 Å². The second-order valence-corrected chi connectivity index (χ2v) is 9.18. The number of carbonyl (C=O) groups excluding carboxylic acids is 2. The van der Waals surface area contributed by atoms with Gasteiger partial charge in [0, 0.05) is 24.0 Å². The zero-order chi connectivity index (χ0) is 22.7. The summed E-state index contributed by atoms with van der Waals surface area (Å²) in [5, 5.41) is 5.34. The van der Waals surface area contributed by atoms with E-state index in [9.17, 15) is 9.59 Å². The summed E-state index contributed by atoms with van der Waals surface area (Å²) in [6, 6.07) is 20.0. The van der Waals surface area contributed by atoms with Crippen LogP contribution in [-0.4, -0.2) is 33.7 Å². The summed E-state index contributed by atoms with van der Waals surface area (Å²) in [5.41, 5.74) is 3.67. The molecule has 0 bridgehead atoms. The van der Waals surface area contributed by atoms with Gasteiger partial charge < -0.3 is 5.32 Å². The van der Waals surface area contributed by atoms with E-state index in [1.807, 2.05) is 69.3 Å². The standard InChI is InChI=1S/C26H27N3O2S/c1-4-15-29-25(31)22(16-23(30)28-24-17(2)9-7-10-18(24)3)32-26(29)27-21-14-8-12-19-11-5-6-13-20(19)21/h5-14,22H,4,15-16H2,1-3H3,(H,28,30). The first-order chi connectivity index (χ1) is 15.5. The average Bonchev–Trinajstić information content (AvgIpc) is 3.06. The monoisotopic (exact) mass is 445 g/mol. The van der Waals surface area contributed by atoms with Crippen molar-refractivity contribution in [2.45, 2.75) is 38.9 Å².